The minimum absolute atomic E-state index is 0.0317. The van der Waals surface area contributed by atoms with Crippen molar-refractivity contribution in [2.45, 2.75) is 56.8 Å². The fourth-order valence-corrected chi connectivity index (χ4v) is 5.73. The third kappa shape index (κ3) is 4.54. The lowest BCUT2D eigenvalue weighted by molar-refractivity contribution is 0.133. The Balaban J connectivity index is 1.29. The number of benzene rings is 1. The number of pyridine rings is 1. The Hall–Kier alpha value is -2.72. The fraction of sp³-hybridized carbons (Fsp3) is 0.478. The number of piperidine rings is 1. The van der Waals surface area contributed by atoms with Crippen molar-refractivity contribution in [3.63, 3.8) is 0 Å². The van der Waals surface area contributed by atoms with Crippen molar-refractivity contribution in [2.75, 3.05) is 18.7 Å². The Kier molecular flexibility index (Phi) is 6.20. The molecule has 2 aliphatic rings. The van der Waals surface area contributed by atoms with E-state index in [1.807, 2.05) is 36.1 Å². The van der Waals surface area contributed by atoms with Gasteiger partial charge in [-0.05, 0) is 50.1 Å². The van der Waals surface area contributed by atoms with Crippen LogP contribution >= 0.6 is 11.3 Å². The molecule has 2 amide bonds. The molecule has 0 aliphatic carbocycles. The van der Waals surface area contributed by atoms with Crippen LogP contribution in [-0.4, -0.2) is 63.6 Å². The van der Waals surface area contributed by atoms with Gasteiger partial charge in [0.15, 0.2) is 0 Å². The van der Waals surface area contributed by atoms with E-state index in [-0.39, 0.29) is 24.2 Å². The number of urea groups is 1. The smallest absolute Gasteiger partial charge is 0.318 e. The second kappa shape index (κ2) is 9.26. The molecular formula is C23H26F2N6OS. The lowest BCUT2D eigenvalue weighted by Gasteiger charge is -2.39. The summed E-state index contributed by atoms with van der Waals surface area (Å²) in [5, 5.41) is 18.0. The van der Waals surface area contributed by atoms with Crippen molar-refractivity contribution in [2.24, 2.45) is 0 Å². The Labute approximate surface area is 194 Å². The number of nitrogens with zero attached hydrogens (tertiary/aromatic N) is 4. The predicted octanol–water partition coefficient (Wildman–Crippen LogP) is 4.49. The van der Waals surface area contributed by atoms with Gasteiger partial charge in [0.05, 0.1) is 6.04 Å². The first kappa shape index (κ1) is 22.1. The van der Waals surface area contributed by atoms with Crippen LogP contribution in [0.25, 0.3) is 21.3 Å². The number of anilines is 1. The maximum Gasteiger partial charge on any atom is 0.323 e. The molecular weight excluding hydrogens is 446 g/mol. The molecule has 33 heavy (non-hydrogen) atoms. The number of aromatic nitrogens is 3. The highest BCUT2D eigenvalue weighted by atomic mass is 32.1. The van der Waals surface area contributed by atoms with Crippen LogP contribution in [0.4, 0.5) is 19.4 Å². The lowest BCUT2D eigenvalue weighted by Crippen LogP contribution is -2.54. The molecule has 3 aromatic rings. The van der Waals surface area contributed by atoms with Crippen LogP contribution in [0.1, 0.15) is 30.7 Å². The van der Waals surface area contributed by atoms with E-state index in [0.717, 1.165) is 39.2 Å². The summed E-state index contributed by atoms with van der Waals surface area (Å²) in [4.78, 5) is 19.4. The molecule has 3 atom stereocenters. The van der Waals surface area contributed by atoms with Crippen LogP contribution in [0.15, 0.2) is 30.5 Å². The summed E-state index contributed by atoms with van der Waals surface area (Å²) >= 11 is 1.54. The van der Waals surface area contributed by atoms with E-state index in [2.05, 4.69) is 25.8 Å². The summed E-state index contributed by atoms with van der Waals surface area (Å²) in [7, 11) is 0. The van der Waals surface area contributed by atoms with Gasteiger partial charge >= 0.3 is 6.03 Å². The molecule has 2 saturated heterocycles. The summed E-state index contributed by atoms with van der Waals surface area (Å²) in [6.45, 7) is 0.479. The zero-order valence-corrected chi connectivity index (χ0v) is 19.1. The van der Waals surface area contributed by atoms with Crippen LogP contribution in [0.5, 0.6) is 0 Å². The number of carbonyl (C=O) groups is 1. The van der Waals surface area contributed by atoms with Crippen LogP contribution in [0.2, 0.25) is 0 Å². The maximum atomic E-state index is 13.1. The highest BCUT2D eigenvalue weighted by Crippen LogP contribution is 2.36. The first-order valence-electron chi connectivity index (χ1n) is 11.2. The van der Waals surface area contributed by atoms with Crippen molar-refractivity contribution in [3.8, 4) is 10.6 Å². The minimum Gasteiger partial charge on any atom is -0.318 e. The van der Waals surface area contributed by atoms with Crippen molar-refractivity contribution in [1.29, 1.82) is 0 Å². The van der Waals surface area contributed by atoms with Gasteiger partial charge < -0.3 is 10.2 Å². The Bertz CT molecular complexity index is 1140. The summed E-state index contributed by atoms with van der Waals surface area (Å²) in [6, 6.07) is 7.11. The number of fused-ring (bicyclic) bond motifs is 3. The standard InChI is InChI=1S/C23H26F2N6OS/c1-13-29-30-22(33-13)14-2-3-15-12-26-21(7-16(15)6-14)28-23(32)31-19-4-5-20(31)9-17(8-19)27-18(10-24)11-25/h2-3,6-7,12,17-20,27H,4-5,8-11H2,1H3,(H,26,28,32)/t17-,19-,20+. The minimum atomic E-state index is -0.759. The van der Waals surface area contributed by atoms with Gasteiger partial charge in [-0.15, -0.1) is 10.2 Å². The molecule has 2 aliphatic heterocycles. The molecule has 1 aromatic carbocycles. The van der Waals surface area contributed by atoms with Gasteiger partial charge in [0.1, 0.15) is 29.2 Å². The van der Waals surface area contributed by atoms with Gasteiger partial charge in [-0.25, -0.2) is 18.6 Å². The molecule has 0 unspecified atom stereocenters. The maximum absolute atomic E-state index is 13.1. The molecule has 2 aromatic heterocycles. The molecule has 10 heteroatoms. The van der Waals surface area contributed by atoms with E-state index in [1.54, 1.807) is 6.20 Å². The third-order valence-corrected chi connectivity index (χ3v) is 7.43. The second-order valence-corrected chi connectivity index (χ2v) is 10.0. The number of halogens is 2. The Morgan fingerprint density at radius 1 is 1.15 bits per heavy atom. The number of rotatable bonds is 6. The van der Waals surface area contributed by atoms with Crippen molar-refractivity contribution in [1.82, 2.24) is 25.4 Å². The average Bonchev–Trinajstić information content (AvgIpc) is 3.37. The normalized spacial score (nSPS) is 22.3. The van der Waals surface area contributed by atoms with Gasteiger partial charge in [0.25, 0.3) is 0 Å². The molecule has 2 bridgehead atoms. The van der Waals surface area contributed by atoms with Crippen LogP contribution in [0.3, 0.4) is 0 Å². The van der Waals surface area contributed by atoms with E-state index in [4.69, 9.17) is 0 Å². The first-order valence-corrected chi connectivity index (χ1v) is 12.0. The molecule has 2 fully saturated rings. The van der Waals surface area contributed by atoms with Gasteiger partial charge in [-0.3, -0.25) is 5.32 Å². The Morgan fingerprint density at radius 3 is 2.58 bits per heavy atom. The van der Waals surface area contributed by atoms with E-state index in [9.17, 15) is 13.6 Å². The highest BCUT2D eigenvalue weighted by molar-refractivity contribution is 7.14. The second-order valence-electron chi connectivity index (χ2n) is 8.82. The third-order valence-electron chi connectivity index (χ3n) is 6.54. The zero-order valence-electron chi connectivity index (χ0n) is 18.3. The van der Waals surface area contributed by atoms with E-state index < -0.39 is 19.4 Å². The highest BCUT2D eigenvalue weighted by Gasteiger charge is 2.43. The number of carbonyl (C=O) groups excluding carboxylic acids is 1. The largest absolute Gasteiger partial charge is 0.323 e. The van der Waals surface area contributed by atoms with Crippen molar-refractivity contribution < 1.29 is 13.6 Å². The number of hydrogen-bond acceptors (Lipinski definition) is 6. The van der Waals surface area contributed by atoms with E-state index in [1.165, 1.54) is 11.3 Å². The average molecular weight is 473 g/mol. The molecule has 174 valence electrons. The lowest BCUT2D eigenvalue weighted by atomic mass is 9.97. The van der Waals surface area contributed by atoms with Gasteiger partial charge in [-0.1, -0.05) is 23.5 Å². The predicted molar refractivity (Wildman–Crippen MR) is 125 cm³/mol. The van der Waals surface area contributed by atoms with E-state index >= 15 is 0 Å². The molecule has 2 N–H and O–H groups in total. The molecule has 5 rings (SSSR count). The number of nitrogens with one attached hydrogen (secondary N) is 2. The first-order chi connectivity index (χ1) is 16.0. The zero-order chi connectivity index (χ0) is 22.9. The number of aryl methyl sites for hydroxylation is 1. The summed E-state index contributed by atoms with van der Waals surface area (Å²) in [6.07, 6.45) is 4.97. The van der Waals surface area contributed by atoms with Crippen molar-refractivity contribution in [3.05, 3.63) is 35.5 Å². The van der Waals surface area contributed by atoms with E-state index in [0.29, 0.717) is 18.7 Å². The number of hydrogen-bond donors (Lipinski definition) is 2. The topological polar surface area (TPSA) is 83.0 Å². The molecule has 0 spiro atoms. The Morgan fingerprint density at radius 2 is 1.91 bits per heavy atom. The summed E-state index contributed by atoms with van der Waals surface area (Å²) in [5.74, 6) is 0.493. The number of amides is 2. The monoisotopic (exact) mass is 472 g/mol. The molecule has 0 saturated carbocycles. The molecule has 4 heterocycles. The quantitative estimate of drug-likeness (QED) is 0.553. The summed E-state index contributed by atoms with van der Waals surface area (Å²) < 4.78 is 25.8. The van der Waals surface area contributed by atoms with Crippen LogP contribution in [0, 0.1) is 6.92 Å². The van der Waals surface area contributed by atoms with Crippen LogP contribution < -0.4 is 10.6 Å². The molecule has 7 nitrogen and oxygen atoms in total. The van der Waals surface area contributed by atoms with Crippen LogP contribution in [-0.2, 0) is 0 Å². The summed E-state index contributed by atoms with van der Waals surface area (Å²) in [5.41, 5.74) is 0.976. The fourth-order valence-electron chi connectivity index (χ4n) is 5.04. The SMILES string of the molecule is Cc1nnc(-c2ccc3cnc(NC(=O)N4[C@@H]5CC[C@H]4C[C@H](NC(CF)CF)C5)cc3c2)s1. The molecule has 0 radical (unpaired) electrons. The van der Waals surface area contributed by atoms with Crippen molar-refractivity contribution >= 4 is 34.0 Å². The van der Waals surface area contributed by atoms with Gasteiger partial charge in [-0.2, -0.15) is 0 Å². The van der Waals surface area contributed by atoms with Gasteiger partial charge in [0, 0.05) is 35.3 Å². The van der Waals surface area contributed by atoms with Gasteiger partial charge in [0.2, 0.25) is 0 Å². The number of alkyl halides is 2.